The topological polar surface area (TPSA) is 61.4 Å². The molecule has 0 spiro atoms. The molecule has 0 heterocycles. The maximum absolute atomic E-state index is 13.4. The first-order valence-corrected chi connectivity index (χ1v) is 6.92. The number of hydrogen-bond acceptors (Lipinski definition) is 2. The number of carbonyl (C=O) groups is 1. The summed E-state index contributed by atoms with van der Waals surface area (Å²) in [5.41, 5.74) is -1.06. The quantitative estimate of drug-likeness (QED) is 0.730. The first-order valence-electron chi connectivity index (χ1n) is 6.92. The Bertz CT molecular complexity index is 548. The highest BCUT2D eigenvalue weighted by molar-refractivity contribution is 5.89. The molecule has 0 aromatic heterocycles. The number of benzene rings is 1. The van der Waals surface area contributed by atoms with Crippen LogP contribution in [-0.2, 0) is 0 Å². The predicted octanol–water partition coefficient (Wildman–Crippen LogP) is 3.27. The third-order valence-electron chi connectivity index (χ3n) is 3.39. The van der Waals surface area contributed by atoms with Crippen molar-refractivity contribution < 1.29 is 23.1 Å². The Balaban J connectivity index is 2.66. The minimum absolute atomic E-state index is 0.00324. The van der Waals surface area contributed by atoms with Gasteiger partial charge >= 0.3 is 6.03 Å². The summed E-state index contributed by atoms with van der Waals surface area (Å²) in [6.45, 7) is 7.38. The third kappa shape index (κ3) is 4.62. The van der Waals surface area contributed by atoms with Crippen LogP contribution in [0.3, 0.4) is 0 Å². The van der Waals surface area contributed by atoms with Gasteiger partial charge in [0.15, 0.2) is 11.6 Å². The van der Waals surface area contributed by atoms with Crippen LogP contribution in [0.25, 0.3) is 0 Å². The number of urea groups is 1. The molecule has 3 N–H and O–H groups in total. The van der Waals surface area contributed by atoms with Crippen molar-refractivity contribution >= 4 is 11.7 Å². The fraction of sp³-hybridized carbons (Fsp3) is 0.533. The van der Waals surface area contributed by atoms with Gasteiger partial charge in [0.2, 0.25) is 0 Å². The van der Waals surface area contributed by atoms with Crippen LogP contribution in [0, 0.1) is 28.8 Å². The van der Waals surface area contributed by atoms with Crippen molar-refractivity contribution in [2.75, 3.05) is 11.9 Å². The highest BCUT2D eigenvalue weighted by Gasteiger charge is 2.30. The van der Waals surface area contributed by atoms with E-state index in [9.17, 15) is 23.1 Å². The molecule has 2 amide bonds. The van der Waals surface area contributed by atoms with Crippen molar-refractivity contribution in [3.63, 3.8) is 0 Å². The lowest BCUT2D eigenvalue weighted by Gasteiger charge is -2.33. The van der Waals surface area contributed by atoms with E-state index < -0.39 is 40.7 Å². The molecule has 0 aliphatic heterocycles. The van der Waals surface area contributed by atoms with Gasteiger partial charge in [-0.05, 0) is 5.92 Å². The van der Waals surface area contributed by atoms with Crippen molar-refractivity contribution in [2.45, 2.75) is 33.8 Å². The van der Waals surface area contributed by atoms with E-state index in [4.69, 9.17) is 0 Å². The van der Waals surface area contributed by atoms with E-state index in [1.165, 1.54) is 0 Å². The summed E-state index contributed by atoms with van der Waals surface area (Å²) in [4.78, 5) is 11.7. The van der Waals surface area contributed by atoms with Crippen molar-refractivity contribution in [3.05, 3.63) is 29.6 Å². The number of amides is 2. The van der Waals surface area contributed by atoms with Crippen LogP contribution in [0.4, 0.5) is 23.7 Å². The average Bonchev–Trinajstić information content (AvgIpc) is 2.41. The number of rotatable bonds is 5. The lowest BCUT2D eigenvalue weighted by atomic mass is 9.81. The third-order valence-corrected chi connectivity index (χ3v) is 3.39. The van der Waals surface area contributed by atoms with Gasteiger partial charge in [0.25, 0.3) is 0 Å². The molecule has 1 atom stereocenters. The van der Waals surface area contributed by atoms with Crippen LogP contribution in [0.5, 0.6) is 0 Å². The van der Waals surface area contributed by atoms with Crippen LogP contribution in [0.15, 0.2) is 12.1 Å². The zero-order valence-electron chi connectivity index (χ0n) is 13.0. The normalized spacial score (nSPS) is 13.1. The molecule has 1 rings (SSSR count). The Morgan fingerprint density at radius 3 is 2.27 bits per heavy atom. The largest absolute Gasteiger partial charge is 0.392 e. The van der Waals surface area contributed by atoms with E-state index in [0.717, 1.165) is 0 Å². The van der Waals surface area contributed by atoms with E-state index in [-0.39, 0.29) is 12.5 Å². The molecular formula is C15H21F3N2O2. The van der Waals surface area contributed by atoms with Crippen molar-refractivity contribution in [1.82, 2.24) is 5.32 Å². The molecule has 1 aromatic carbocycles. The molecule has 0 aliphatic rings. The number of halogens is 3. The van der Waals surface area contributed by atoms with Crippen molar-refractivity contribution in [1.29, 1.82) is 0 Å². The van der Waals surface area contributed by atoms with E-state index in [1.54, 1.807) is 13.8 Å². The van der Waals surface area contributed by atoms with E-state index in [2.05, 4.69) is 10.6 Å². The molecule has 1 aromatic rings. The second kappa shape index (κ2) is 7.00. The second-order valence-electron chi connectivity index (χ2n) is 6.23. The molecule has 0 radical (unpaired) electrons. The Morgan fingerprint density at radius 2 is 1.73 bits per heavy atom. The SMILES string of the molecule is CC(C)C(O)C(C)(C)CNC(=O)Nc1cc(F)c(F)cc1F. The number of nitrogens with one attached hydrogen (secondary N) is 2. The van der Waals surface area contributed by atoms with E-state index in [1.807, 2.05) is 13.8 Å². The van der Waals surface area contributed by atoms with Gasteiger partial charge in [-0.3, -0.25) is 0 Å². The lowest BCUT2D eigenvalue weighted by Crippen LogP contribution is -2.44. The average molecular weight is 318 g/mol. The summed E-state index contributed by atoms with van der Waals surface area (Å²) < 4.78 is 39.2. The van der Waals surface area contributed by atoms with Gasteiger partial charge in [0.05, 0.1) is 11.8 Å². The number of anilines is 1. The monoisotopic (exact) mass is 318 g/mol. The summed E-state index contributed by atoms with van der Waals surface area (Å²) in [6.07, 6.45) is -0.646. The Hall–Kier alpha value is -1.76. The van der Waals surface area contributed by atoms with Crippen molar-refractivity contribution in [2.24, 2.45) is 11.3 Å². The van der Waals surface area contributed by atoms with Gasteiger partial charge in [-0.15, -0.1) is 0 Å². The van der Waals surface area contributed by atoms with Gasteiger partial charge in [-0.2, -0.15) is 0 Å². The molecule has 0 saturated heterocycles. The molecule has 0 bridgehead atoms. The van der Waals surface area contributed by atoms with Gasteiger partial charge in [0, 0.05) is 24.1 Å². The maximum atomic E-state index is 13.4. The number of hydrogen-bond donors (Lipinski definition) is 3. The predicted molar refractivity (Wildman–Crippen MR) is 78.0 cm³/mol. The standard InChI is InChI=1S/C15H21F3N2O2/c1-8(2)13(21)15(3,4)7-19-14(22)20-12-6-10(17)9(16)5-11(12)18/h5-6,8,13,21H,7H2,1-4H3,(H2,19,20,22). The molecule has 4 nitrogen and oxygen atoms in total. The van der Waals surface area contributed by atoms with Gasteiger partial charge < -0.3 is 15.7 Å². The summed E-state index contributed by atoms with van der Waals surface area (Å²) in [7, 11) is 0. The summed E-state index contributed by atoms with van der Waals surface area (Å²) in [5.74, 6) is -3.66. The van der Waals surface area contributed by atoms with Crippen LogP contribution < -0.4 is 10.6 Å². The van der Waals surface area contributed by atoms with Gasteiger partial charge in [-0.25, -0.2) is 18.0 Å². The molecule has 0 aliphatic carbocycles. The maximum Gasteiger partial charge on any atom is 0.319 e. The van der Waals surface area contributed by atoms with Crippen LogP contribution in [0.1, 0.15) is 27.7 Å². The summed E-state index contributed by atoms with van der Waals surface area (Å²) in [5, 5.41) is 14.6. The van der Waals surface area contributed by atoms with Crippen LogP contribution in [-0.4, -0.2) is 23.8 Å². The summed E-state index contributed by atoms with van der Waals surface area (Å²) >= 11 is 0. The van der Waals surface area contributed by atoms with Crippen molar-refractivity contribution in [3.8, 4) is 0 Å². The van der Waals surface area contributed by atoms with E-state index in [0.29, 0.717) is 12.1 Å². The smallest absolute Gasteiger partial charge is 0.319 e. The van der Waals surface area contributed by atoms with Gasteiger partial charge in [0.1, 0.15) is 5.82 Å². The Labute approximate surface area is 127 Å². The first kappa shape index (κ1) is 18.3. The lowest BCUT2D eigenvalue weighted by molar-refractivity contribution is 0.0154. The highest BCUT2D eigenvalue weighted by atomic mass is 19.2. The van der Waals surface area contributed by atoms with Crippen LogP contribution >= 0.6 is 0 Å². The molecule has 0 fully saturated rings. The fourth-order valence-electron chi connectivity index (χ4n) is 2.10. The summed E-state index contributed by atoms with van der Waals surface area (Å²) in [6, 6.07) is 0.157. The number of aliphatic hydroxyl groups is 1. The zero-order chi connectivity index (χ0) is 17.1. The highest BCUT2D eigenvalue weighted by Crippen LogP contribution is 2.25. The minimum Gasteiger partial charge on any atom is -0.392 e. The molecule has 0 saturated carbocycles. The van der Waals surface area contributed by atoms with Crippen LogP contribution in [0.2, 0.25) is 0 Å². The molecule has 124 valence electrons. The zero-order valence-corrected chi connectivity index (χ0v) is 13.0. The Kier molecular flexibility index (Phi) is 5.82. The van der Waals surface area contributed by atoms with Gasteiger partial charge in [-0.1, -0.05) is 27.7 Å². The number of aliphatic hydroxyl groups excluding tert-OH is 1. The van der Waals surface area contributed by atoms with E-state index >= 15 is 0 Å². The fourth-order valence-corrected chi connectivity index (χ4v) is 2.10. The molecular weight excluding hydrogens is 297 g/mol. The minimum atomic E-state index is -1.33. The molecule has 7 heteroatoms. The first-order chi connectivity index (χ1) is 10.0. The molecule has 22 heavy (non-hydrogen) atoms. The number of carbonyl (C=O) groups excluding carboxylic acids is 1. The Morgan fingerprint density at radius 1 is 1.18 bits per heavy atom. The second-order valence-corrected chi connectivity index (χ2v) is 6.23. The molecule has 1 unspecified atom stereocenters.